The molecule has 0 atom stereocenters. The second-order valence-corrected chi connectivity index (χ2v) is 11.8. The number of benzene rings is 4. The number of carbonyl (C=O) groups excluding carboxylic acids is 1. The Hall–Kier alpha value is -4.10. The summed E-state index contributed by atoms with van der Waals surface area (Å²) in [6.45, 7) is 5.29. The van der Waals surface area contributed by atoms with Gasteiger partial charge in [0.1, 0.15) is 11.5 Å². The van der Waals surface area contributed by atoms with Crippen LogP contribution in [0.15, 0.2) is 97.1 Å². The zero-order chi connectivity index (χ0) is 32.1. The highest BCUT2D eigenvalue weighted by Crippen LogP contribution is 2.47. The molecule has 0 unspecified atom stereocenters. The molecule has 230 valence electrons. The van der Waals surface area contributed by atoms with E-state index in [0.717, 1.165) is 50.6 Å². The van der Waals surface area contributed by atoms with Crippen molar-refractivity contribution >= 4 is 47.9 Å². The standard InChI is InChI=1S/C32H28O5S.CH4O4S/c1-20(2)31(33)37-24-14-10-21(11-15-24)29-26(18-19-28-30(29)25-8-6-7-9-27(25)38-28)32(35-4,36-5)22-12-16-23(34-3)17-13-22;1-5-6(2,3)4/h6-19H,1H2,2-5H3;1H3,(H,2,3,4). The lowest BCUT2D eigenvalue weighted by Gasteiger charge is -2.34. The number of rotatable bonds is 9. The molecule has 1 heterocycles. The molecule has 4 aromatic carbocycles. The van der Waals surface area contributed by atoms with Crippen molar-refractivity contribution in [3.05, 3.63) is 108 Å². The van der Waals surface area contributed by atoms with Crippen LogP contribution in [0.25, 0.3) is 31.3 Å². The first-order chi connectivity index (χ1) is 21.0. The van der Waals surface area contributed by atoms with Crippen LogP contribution in [-0.2, 0) is 34.6 Å². The number of carbonyl (C=O) groups is 1. The number of methoxy groups -OCH3 is 3. The van der Waals surface area contributed by atoms with Crippen molar-refractivity contribution in [2.75, 3.05) is 28.4 Å². The van der Waals surface area contributed by atoms with Crippen LogP contribution in [0.2, 0.25) is 0 Å². The highest BCUT2D eigenvalue weighted by Gasteiger charge is 2.38. The van der Waals surface area contributed by atoms with Crippen LogP contribution in [0.1, 0.15) is 18.1 Å². The molecule has 0 spiro atoms. The van der Waals surface area contributed by atoms with E-state index in [2.05, 4.69) is 47.2 Å². The molecule has 1 aromatic heterocycles. The van der Waals surface area contributed by atoms with Crippen molar-refractivity contribution in [2.45, 2.75) is 12.7 Å². The van der Waals surface area contributed by atoms with E-state index >= 15 is 0 Å². The van der Waals surface area contributed by atoms with Crippen molar-refractivity contribution < 1.29 is 40.9 Å². The Morgan fingerprint density at radius 1 is 0.818 bits per heavy atom. The Balaban J connectivity index is 0.000000670. The summed E-state index contributed by atoms with van der Waals surface area (Å²) < 4.78 is 55.3. The predicted octanol–water partition coefficient (Wildman–Crippen LogP) is 7.14. The third-order valence-electron chi connectivity index (χ3n) is 6.86. The van der Waals surface area contributed by atoms with Gasteiger partial charge in [-0.15, -0.1) is 11.3 Å². The van der Waals surface area contributed by atoms with Crippen molar-refractivity contribution in [1.29, 1.82) is 0 Å². The van der Waals surface area contributed by atoms with Crippen LogP contribution < -0.4 is 9.47 Å². The van der Waals surface area contributed by atoms with Crippen LogP contribution in [0.4, 0.5) is 0 Å². The molecule has 0 fully saturated rings. The smallest absolute Gasteiger partial charge is 0.397 e. The summed E-state index contributed by atoms with van der Waals surface area (Å²) >= 11 is 1.74. The topological polar surface area (TPSA) is 118 Å². The predicted molar refractivity (Wildman–Crippen MR) is 172 cm³/mol. The van der Waals surface area contributed by atoms with Crippen LogP contribution in [0.5, 0.6) is 11.5 Å². The fourth-order valence-electron chi connectivity index (χ4n) is 4.78. The summed E-state index contributed by atoms with van der Waals surface area (Å²) in [4.78, 5) is 12.1. The minimum absolute atomic E-state index is 0.343. The zero-order valence-corrected chi connectivity index (χ0v) is 26.5. The first kappa shape index (κ1) is 32.8. The summed E-state index contributed by atoms with van der Waals surface area (Å²) in [5.74, 6) is -0.453. The summed E-state index contributed by atoms with van der Waals surface area (Å²) in [6.07, 6.45) is 0. The highest BCUT2D eigenvalue weighted by atomic mass is 32.3. The van der Waals surface area contributed by atoms with Crippen molar-refractivity contribution in [2.24, 2.45) is 0 Å². The van der Waals surface area contributed by atoms with Gasteiger partial charge in [-0.25, -0.2) is 4.79 Å². The van der Waals surface area contributed by atoms with Gasteiger partial charge in [0, 0.05) is 51.1 Å². The van der Waals surface area contributed by atoms with Crippen LogP contribution in [0.3, 0.4) is 0 Å². The second kappa shape index (κ2) is 13.7. The van der Waals surface area contributed by atoms with Gasteiger partial charge in [0.25, 0.3) is 0 Å². The molecule has 0 saturated heterocycles. The van der Waals surface area contributed by atoms with Crippen molar-refractivity contribution in [3.63, 3.8) is 0 Å². The first-order valence-corrected chi connectivity index (χ1v) is 15.4. The summed E-state index contributed by atoms with van der Waals surface area (Å²) in [7, 11) is 1.64. The van der Waals surface area contributed by atoms with E-state index in [-0.39, 0.29) is 0 Å². The highest BCUT2D eigenvalue weighted by molar-refractivity contribution is 7.80. The van der Waals surface area contributed by atoms with E-state index in [1.165, 1.54) is 4.70 Å². The third-order valence-corrected chi connectivity index (χ3v) is 8.41. The molecule has 0 bridgehead atoms. The maximum Gasteiger partial charge on any atom is 0.397 e. The maximum atomic E-state index is 12.1. The average molecular weight is 637 g/mol. The molecule has 0 aliphatic carbocycles. The lowest BCUT2D eigenvalue weighted by Crippen LogP contribution is -2.33. The Morgan fingerprint density at radius 2 is 1.41 bits per heavy atom. The SMILES string of the molecule is C=C(C)C(=O)Oc1ccc(-c2c(C(OC)(OC)c3ccc(OC)cc3)ccc3sc4ccccc4c23)cc1.COS(=O)(=O)O. The van der Waals surface area contributed by atoms with Gasteiger partial charge < -0.3 is 18.9 Å². The Morgan fingerprint density at radius 3 is 1.95 bits per heavy atom. The number of ether oxygens (including phenoxy) is 4. The molecule has 1 N–H and O–H groups in total. The molecule has 0 aliphatic heterocycles. The van der Waals surface area contributed by atoms with Gasteiger partial charge in [-0.3, -0.25) is 8.74 Å². The number of esters is 1. The van der Waals surface area contributed by atoms with Crippen LogP contribution in [-0.4, -0.2) is 47.4 Å². The van der Waals surface area contributed by atoms with E-state index < -0.39 is 22.2 Å². The lowest BCUT2D eigenvalue weighted by molar-refractivity contribution is -0.183. The monoisotopic (exact) mass is 636 g/mol. The van der Waals surface area contributed by atoms with Crippen molar-refractivity contribution in [3.8, 4) is 22.6 Å². The van der Waals surface area contributed by atoms with E-state index in [1.807, 2.05) is 36.4 Å². The normalized spacial score (nSPS) is 11.6. The Bertz CT molecular complexity index is 1890. The molecule has 0 aliphatic rings. The molecular formula is C33H32O9S2. The minimum atomic E-state index is -4.16. The lowest BCUT2D eigenvalue weighted by atomic mass is 9.87. The summed E-state index contributed by atoms with van der Waals surface area (Å²) in [5.41, 5.74) is 3.95. The zero-order valence-electron chi connectivity index (χ0n) is 24.8. The molecule has 0 amide bonds. The third kappa shape index (κ3) is 6.83. The first-order valence-electron chi connectivity index (χ1n) is 13.2. The average Bonchev–Trinajstić information content (AvgIpc) is 3.41. The Kier molecular flexibility index (Phi) is 10.2. The molecule has 9 nitrogen and oxygen atoms in total. The quantitative estimate of drug-likeness (QED) is 0.0592. The van der Waals surface area contributed by atoms with Gasteiger partial charge in [-0.05, 0) is 66.6 Å². The molecule has 0 radical (unpaired) electrons. The largest absolute Gasteiger partial charge is 0.497 e. The van der Waals surface area contributed by atoms with E-state index in [0.29, 0.717) is 11.3 Å². The number of hydrogen-bond donors (Lipinski definition) is 1. The van der Waals surface area contributed by atoms with E-state index in [9.17, 15) is 13.2 Å². The van der Waals surface area contributed by atoms with Gasteiger partial charge in [0.2, 0.25) is 5.79 Å². The van der Waals surface area contributed by atoms with Gasteiger partial charge >= 0.3 is 16.4 Å². The molecule has 5 aromatic rings. The Labute approximate surface area is 260 Å². The molecule has 0 saturated carbocycles. The van der Waals surface area contributed by atoms with E-state index in [1.54, 1.807) is 51.7 Å². The molecule has 5 rings (SSSR count). The van der Waals surface area contributed by atoms with Gasteiger partial charge in [0.05, 0.1) is 14.2 Å². The number of hydrogen-bond acceptors (Lipinski definition) is 9. The number of thiophene rings is 1. The summed E-state index contributed by atoms with van der Waals surface area (Å²) in [5, 5.41) is 2.26. The summed E-state index contributed by atoms with van der Waals surface area (Å²) in [6, 6.07) is 27.7. The van der Waals surface area contributed by atoms with Gasteiger partial charge in [0.15, 0.2) is 0 Å². The molecule has 11 heteroatoms. The van der Waals surface area contributed by atoms with Crippen LogP contribution >= 0.6 is 11.3 Å². The fourth-order valence-corrected chi connectivity index (χ4v) is 5.89. The minimum Gasteiger partial charge on any atom is -0.497 e. The maximum absolute atomic E-state index is 12.1. The fraction of sp³-hybridized carbons (Fsp3) is 0.182. The molecular weight excluding hydrogens is 604 g/mol. The van der Waals surface area contributed by atoms with Crippen molar-refractivity contribution in [1.82, 2.24) is 0 Å². The van der Waals surface area contributed by atoms with Gasteiger partial charge in [-0.1, -0.05) is 43.0 Å². The van der Waals surface area contributed by atoms with Crippen LogP contribution in [0, 0.1) is 0 Å². The van der Waals surface area contributed by atoms with E-state index in [4.69, 9.17) is 23.5 Å². The molecule has 44 heavy (non-hydrogen) atoms. The number of fused-ring (bicyclic) bond motifs is 3. The van der Waals surface area contributed by atoms with Gasteiger partial charge in [-0.2, -0.15) is 8.42 Å². The second-order valence-electron chi connectivity index (χ2n) is 9.50.